The predicted molar refractivity (Wildman–Crippen MR) is 108 cm³/mol. The Morgan fingerprint density at radius 3 is 2.97 bits per heavy atom. The van der Waals surface area contributed by atoms with Crippen molar-refractivity contribution in [3.8, 4) is 0 Å². The number of aliphatic hydroxyl groups excluding tert-OH is 2. The molecule has 5 rings (SSSR count). The molecule has 0 saturated heterocycles. The molecule has 0 aliphatic heterocycles. The Balaban J connectivity index is 1.50. The van der Waals surface area contributed by atoms with Crippen molar-refractivity contribution >= 4 is 34.5 Å². The predicted octanol–water partition coefficient (Wildman–Crippen LogP) is 0.516. The van der Waals surface area contributed by atoms with Crippen molar-refractivity contribution in [2.45, 2.75) is 31.2 Å². The van der Waals surface area contributed by atoms with Crippen LogP contribution in [-0.4, -0.2) is 59.9 Å². The third-order valence-electron chi connectivity index (χ3n) is 6.22. The molecule has 30 heavy (non-hydrogen) atoms. The standard InChI is InChI=1S/C19H20ClN7O3/c1-21-17(30)19-5-10(19)12(13(28)14(19)29)27-8-24-11-15(25-18(20)26-16(11)27)23-7-9-3-2-4-22-6-9/h2-4,6,8,10,12-14,28-29H,5,7H2,1H3,(H,21,30)(H,23,25,26)/t10-,12-,13+,14+,19-/m1/s1. The summed E-state index contributed by atoms with van der Waals surface area (Å²) in [7, 11) is 1.53. The SMILES string of the molecule is CNC(=O)[C@]12C[C@@H]1[C@@H](n1cnc3c(NCc4cccnc4)nc(Cl)nc31)[C@H](O)[C@@H]2O. The lowest BCUT2D eigenvalue weighted by molar-refractivity contribution is -0.132. The zero-order valence-corrected chi connectivity index (χ0v) is 16.8. The third kappa shape index (κ3) is 2.68. The third-order valence-corrected chi connectivity index (χ3v) is 6.39. The van der Waals surface area contributed by atoms with Gasteiger partial charge in [0.05, 0.1) is 23.9 Å². The van der Waals surface area contributed by atoms with Crippen LogP contribution in [0, 0.1) is 11.3 Å². The zero-order chi connectivity index (χ0) is 21.0. The molecule has 0 spiro atoms. The number of halogens is 1. The maximum atomic E-state index is 12.4. The van der Waals surface area contributed by atoms with Crippen molar-refractivity contribution in [2.75, 3.05) is 12.4 Å². The molecular weight excluding hydrogens is 410 g/mol. The molecule has 3 heterocycles. The van der Waals surface area contributed by atoms with E-state index in [4.69, 9.17) is 11.6 Å². The first-order valence-corrected chi connectivity index (χ1v) is 9.96. The van der Waals surface area contributed by atoms with Crippen LogP contribution in [0.5, 0.6) is 0 Å². The van der Waals surface area contributed by atoms with E-state index in [0.29, 0.717) is 29.9 Å². The van der Waals surface area contributed by atoms with Gasteiger partial charge in [0, 0.05) is 31.9 Å². The number of aromatic nitrogens is 5. The number of nitrogens with one attached hydrogen (secondary N) is 2. The number of hydrogen-bond donors (Lipinski definition) is 4. The summed E-state index contributed by atoms with van der Waals surface area (Å²) in [5, 5.41) is 27.1. The van der Waals surface area contributed by atoms with Crippen molar-refractivity contribution in [1.82, 2.24) is 29.8 Å². The summed E-state index contributed by atoms with van der Waals surface area (Å²) >= 11 is 6.16. The number of pyridine rings is 1. The van der Waals surface area contributed by atoms with E-state index in [1.54, 1.807) is 23.3 Å². The molecule has 0 radical (unpaired) electrons. The van der Waals surface area contributed by atoms with Crippen molar-refractivity contribution in [3.05, 3.63) is 41.7 Å². The second-order valence-corrected chi connectivity index (χ2v) is 8.07. The van der Waals surface area contributed by atoms with E-state index in [0.717, 1.165) is 5.56 Å². The summed E-state index contributed by atoms with van der Waals surface area (Å²) in [4.78, 5) is 29.4. The number of hydrogen-bond acceptors (Lipinski definition) is 8. The average Bonchev–Trinajstić information content (AvgIpc) is 3.30. The van der Waals surface area contributed by atoms with Gasteiger partial charge in [0.25, 0.3) is 0 Å². The zero-order valence-electron chi connectivity index (χ0n) is 16.0. The maximum Gasteiger partial charge on any atom is 0.229 e. The Hall–Kier alpha value is -2.82. The molecule has 2 saturated carbocycles. The fraction of sp³-hybridized carbons (Fsp3) is 0.421. The van der Waals surface area contributed by atoms with Gasteiger partial charge in [-0.2, -0.15) is 9.97 Å². The molecule has 1 amide bonds. The number of carbonyl (C=O) groups excluding carboxylic acids is 1. The van der Waals surface area contributed by atoms with Crippen LogP contribution in [0.15, 0.2) is 30.9 Å². The monoisotopic (exact) mass is 429 g/mol. The molecule has 11 heteroatoms. The van der Waals surface area contributed by atoms with E-state index in [9.17, 15) is 15.0 Å². The van der Waals surface area contributed by atoms with Gasteiger partial charge in [0.15, 0.2) is 17.0 Å². The minimum Gasteiger partial charge on any atom is -0.389 e. The van der Waals surface area contributed by atoms with Crippen LogP contribution in [0.3, 0.4) is 0 Å². The fourth-order valence-corrected chi connectivity index (χ4v) is 4.87. The quantitative estimate of drug-likeness (QED) is 0.430. The van der Waals surface area contributed by atoms with E-state index in [1.165, 1.54) is 7.05 Å². The van der Waals surface area contributed by atoms with Gasteiger partial charge < -0.3 is 25.4 Å². The van der Waals surface area contributed by atoms with Crippen molar-refractivity contribution < 1.29 is 15.0 Å². The molecule has 2 fully saturated rings. The van der Waals surface area contributed by atoms with Crippen molar-refractivity contribution in [2.24, 2.45) is 11.3 Å². The number of aliphatic hydroxyl groups is 2. The van der Waals surface area contributed by atoms with E-state index >= 15 is 0 Å². The highest BCUT2D eigenvalue weighted by Gasteiger charge is 2.75. The van der Waals surface area contributed by atoms with Gasteiger partial charge in [0.1, 0.15) is 6.10 Å². The number of anilines is 1. The molecule has 4 N–H and O–H groups in total. The smallest absolute Gasteiger partial charge is 0.229 e. The first-order chi connectivity index (χ1) is 14.5. The molecule has 3 aromatic heterocycles. The van der Waals surface area contributed by atoms with E-state index in [-0.39, 0.29) is 17.1 Å². The average molecular weight is 430 g/mol. The number of nitrogens with zero attached hydrogens (tertiary/aromatic N) is 5. The Bertz CT molecular complexity index is 1120. The van der Waals surface area contributed by atoms with Crippen molar-refractivity contribution in [1.29, 1.82) is 0 Å². The minimum atomic E-state index is -1.16. The van der Waals surface area contributed by atoms with Gasteiger partial charge in [0.2, 0.25) is 11.2 Å². The van der Waals surface area contributed by atoms with Crippen LogP contribution >= 0.6 is 11.6 Å². The second-order valence-electron chi connectivity index (χ2n) is 7.74. The maximum absolute atomic E-state index is 12.4. The lowest BCUT2D eigenvalue weighted by atomic mass is 9.98. The van der Waals surface area contributed by atoms with E-state index in [1.807, 2.05) is 12.1 Å². The van der Waals surface area contributed by atoms with Gasteiger partial charge in [-0.25, -0.2) is 4.98 Å². The fourth-order valence-electron chi connectivity index (χ4n) is 4.71. The molecule has 10 nitrogen and oxygen atoms in total. The van der Waals surface area contributed by atoms with Gasteiger partial charge in [-0.3, -0.25) is 9.78 Å². The second kappa shape index (κ2) is 6.86. The normalized spacial score (nSPS) is 29.6. The molecular formula is C19H20ClN7O3. The molecule has 2 aliphatic carbocycles. The number of fused-ring (bicyclic) bond motifs is 2. The van der Waals surface area contributed by atoms with Crippen LogP contribution in [0.2, 0.25) is 5.28 Å². The number of carbonyl (C=O) groups is 1. The highest BCUT2D eigenvalue weighted by atomic mass is 35.5. The number of amides is 1. The van der Waals surface area contributed by atoms with Crippen LogP contribution in [0.1, 0.15) is 18.0 Å². The van der Waals surface area contributed by atoms with Crippen LogP contribution in [0.4, 0.5) is 5.82 Å². The van der Waals surface area contributed by atoms with Crippen molar-refractivity contribution in [3.63, 3.8) is 0 Å². The summed E-state index contributed by atoms with van der Waals surface area (Å²) < 4.78 is 1.69. The molecule has 156 valence electrons. The summed E-state index contributed by atoms with van der Waals surface area (Å²) in [5.74, 6) is -0.0353. The molecule has 0 bridgehead atoms. The topological polar surface area (TPSA) is 138 Å². The molecule has 3 aromatic rings. The summed E-state index contributed by atoms with van der Waals surface area (Å²) in [6.07, 6.45) is 3.18. The first-order valence-electron chi connectivity index (χ1n) is 9.58. The van der Waals surface area contributed by atoms with Gasteiger partial charge in [-0.05, 0) is 29.7 Å². The number of imidazole rings is 1. The summed E-state index contributed by atoms with van der Waals surface area (Å²) in [6.45, 7) is 0.469. The number of rotatable bonds is 5. The van der Waals surface area contributed by atoms with Gasteiger partial charge in [-0.15, -0.1) is 0 Å². The lowest BCUT2D eigenvalue weighted by Gasteiger charge is -2.23. The highest BCUT2D eigenvalue weighted by molar-refractivity contribution is 6.28. The Morgan fingerprint density at radius 2 is 2.23 bits per heavy atom. The molecule has 2 aliphatic rings. The largest absolute Gasteiger partial charge is 0.389 e. The summed E-state index contributed by atoms with van der Waals surface area (Å²) in [6, 6.07) is 3.23. The Kier molecular flexibility index (Phi) is 4.38. The minimum absolute atomic E-state index is 0.0272. The van der Waals surface area contributed by atoms with Gasteiger partial charge in [-0.1, -0.05) is 6.07 Å². The molecule has 0 aromatic carbocycles. The molecule has 5 atom stereocenters. The van der Waals surface area contributed by atoms with E-state index in [2.05, 4.69) is 30.6 Å². The van der Waals surface area contributed by atoms with Crippen LogP contribution in [-0.2, 0) is 11.3 Å². The highest BCUT2D eigenvalue weighted by Crippen LogP contribution is 2.67. The van der Waals surface area contributed by atoms with E-state index < -0.39 is 23.7 Å². The van der Waals surface area contributed by atoms with Gasteiger partial charge >= 0.3 is 0 Å². The lowest BCUT2D eigenvalue weighted by Crippen LogP contribution is -2.41. The first kappa shape index (κ1) is 19.2. The Labute approximate surface area is 176 Å². The van der Waals surface area contributed by atoms with Crippen LogP contribution < -0.4 is 10.6 Å². The Morgan fingerprint density at radius 1 is 1.40 bits per heavy atom. The van der Waals surface area contributed by atoms with Crippen LogP contribution in [0.25, 0.3) is 11.2 Å². The molecule has 0 unspecified atom stereocenters. The summed E-state index contributed by atoms with van der Waals surface area (Å²) in [5.41, 5.74) is 0.901.